The molecule has 4 rings (SSSR count). The first-order valence-electron chi connectivity index (χ1n) is 9.56. The summed E-state index contributed by atoms with van der Waals surface area (Å²) in [5, 5.41) is 10.9. The number of Topliss-reactive ketones (excluding diaryl/α,β-unsaturated/α-hetero) is 1. The number of aliphatic hydroxyl groups excluding tert-OH is 1. The van der Waals surface area contributed by atoms with Crippen LogP contribution in [0.4, 0.5) is 8.78 Å². The molecule has 1 N–H and O–H groups in total. The molecule has 0 unspecified atom stereocenters. The minimum absolute atomic E-state index is 0.00509. The summed E-state index contributed by atoms with van der Waals surface area (Å²) in [6.45, 7) is 1.57. The van der Waals surface area contributed by atoms with Crippen LogP contribution in [-0.4, -0.2) is 26.7 Å². The van der Waals surface area contributed by atoms with Crippen LogP contribution in [0.2, 0.25) is 0 Å². The van der Waals surface area contributed by atoms with Crippen LogP contribution in [0.25, 0.3) is 5.76 Å². The molecule has 0 spiro atoms. The van der Waals surface area contributed by atoms with Gasteiger partial charge in [-0.15, -0.1) is 0 Å². The summed E-state index contributed by atoms with van der Waals surface area (Å²) in [7, 11) is 0. The smallest absolute Gasteiger partial charge is 0.295 e. The third-order valence-electron chi connectivity index (χ3n) is 5.29. The van der Waals surface area contributed by atoms with Crippen LogP contribution in [0.15, 0.2) is 72.6 Å². The van der Waals surface area contributed by atoms with Gasteiger partial charge in [0.05, 0.1) is 11.6 Å². The second-order valence-electron chi connectivity index (χ2n) is 7.27. The average Bonchev–Trinajstić information content (AvgIpc) is 3.01. The third-order valence-corrected chi connectivity index (χ3v) is 5.29. The van der Waals surface area contributed by atoms with Gasteiger partial charge in [0.1, 0.15) is 17.4 Å². The van der Waals surface area contributed by atoms with Crippen molar-refractivity contribution in [1.82, 2.24) is 9.88 Å². The molecule has 3 aromatic rings. The molecule has 31 heavy (non-hydrogen) atoms. The molecule has 1 aliphatic heterocycles. The first kappa shape index (κ1) is 20.4. The molecule has 0 radical (unpaired) electrons. The molecule has 156 valence electrons. The Hall–Kier alpha value is -3.87. The summed E-state index contributed by atoms with van der Waals surface area (Å²) in [6, 6.07) is 11.9. The SMILES string of the molecule is Cc1ccc(C(O)=C2C(=O)C(=O)N(Cc3ccncc3)[C@H]2c2ccccc2F)cc1F. The second kappa shape index (κ2) is 8.10. The molecule has 2 aromatic carbocycles. The molecule has 0 saturated carbocycles. The normalized spacial score (nSPS) is 17.9. The summed E-state index contributed by atoms with van der Waals surface area (Å²) in [5.74, 6) is -3.59. The van der Waals surface area contributed by atoms with Crippen LogP contribution >= 0.6 is 0 Å². The van der Waals surface area contributed by atoms with Gasteiger partial charge in [-0.2, -0.15) is 0 Å². The highest BCUT2D eigenvalue weighted by molar-refractivity contribution is 6.46. The van der Waals surface area contributed by atoms with Crippen LogP contribution in [0.3, 0.4) is 0 Å². The summed E-state index contributed by atoms with van der Waals surface area (Å²) in [5.41, 5.74) is 0.851. The summed E-state index contributed by atoms with van der Waals surface area (Å²) in [4.78, 5) is 30.9. The number of aromatic nitrogens is 1. The third kappa shape index (κ3) is 3.70. The molecule has 1 fully saturated rings. The molecule has 2 heterocycles. The van der Waals surface area contributed by atoms with Gasteiger partial charge in [0.15, 0.2) is 0 Å². The molecule has 0 bridgehead atoms. The van der Waals surface area contributed by atoms with Gasteiger partial charge in [-0.25, -0.2) is 8.78 Å². The van der Waals surface area contributed by atoms with Gasteiger partial charge in [-0.3, -0.25) is 14.6 Å². The average molecular weight is 420 g/mol. The fourth-order valence-electron chi connectivity index (χ4n) is 3.64. The van der Waals surface area contributed by atoms with E-state index in [0.717, 1.165) is 6.07 Å². The maximum absolute atomic E-state index is 14.7. The largest absolute Gasteiger partial charge is 0.507 e. The van der Waals surface area contributed by atoms with Crippen LogP contribution in [0, 0.1) is 18.6 Å². The second-order valence-corrected chi connectivity index (χ2v) is 7.27. The van der Waals surface area contributed by atoms with Gasteiger partial charge < -0.3 is 10.0 Å². The van der Waals surface area contributed by atoms with E-state index in [1.807, 2.05) is 0 Å². The van der Waals surface area contributed by atoms with Crippen LogP contribution in [-0.2, 0) is 16.1 Å². The van der Waals surface area contributed by atoms with Gasteiger partial charge in [-0.1, -0.05) is 30.3 Å². The van der Waals surface area contributed by atoms with Crippen molar-refractivity contribution in [2.24, 2.45) is 0 Å². The maximum atomic E-state index is 14.7. The van der Waals surface area contributed by atoms with Gasteiger partial charge in [0.25, 0.3) is 11.7 Å². The lowest BCUT2D eigenvalue weighted by atomic mass is 9.94. The molecule has 1 saturated heterocycles. The molecule has 7 heteroatoms. The van der Waals surface area contributed by atoms with E-state index in [9.17, 15) is 23.5 Å². The lowest BCUT2D eigenvalue weighted by Crippen LogP contribution is -2.29. The molecule has 5 nitrogen and oxygen atoms in total. The number of benzene rings is 2. The maximum Gasteiger partial charge on any atom is 0.295 e. The number of carbonyl (C=O) groups is 2. The highest BCUT2D eigenvalue weighted by Crippen LogP contribution is 2.41. The van der Waals surface area contributed by atoms with E-state index in [1.165, 1.54) is 35.2 Å². The molecule has 1 aromatic heterocycles. The first-order chi connectivity index (χ1) is 14.9. The van der Waals surface area contributed by atoms with Crippen molar-refractivity contribution in [1.29, 1.82) is 0 Å². The Morgan fingerprint density at radius 2 is 1.74 bits per heavy atom. The van der Waals surface area contributed by atoms with Crippen molar-refractivity contribution >= 4 is 17.4 Å². The van der Waals surface area contributed by atoms with Crippen molar-refractivity contribution in [3.63, 3.8) is 0 Å². The van der Waals surface area contributed by atoms with E-state index >= 15 is 0 Å². The number of hydrogen-bond acceptors (Lipinski definition) is 4. The molecule has 0 aliphatic carbocycles. The highest BCUT2D eigenvalue weighted by Gasteiger charge is 2.46. The minimum atomic E-state index is -1.17. The lowest BCUT2D eigenvalue weighted by Gasteiger charge is -2.25. The van der Waals surface area contributed by atoms with Crippen LogP contribution < -0.4 is 0 Å². The zero-order chi connectivity index (χ0) is 22.1. The number of aliphatic hydroxyl groups is 1. The number of ketones is 1. The van der Waals surface area contributed by atoms with E-state index < -0.39 is 35.1 Å². The number of pyridine rings is 1. The number of hydrogen-bond donors (Lipinski definition) is 1. The number of rotatable bonds is 4. The number of halogens is 2. The summed E-state index contributed by atoms with van der Waals surface area (Å²) in [6.07, 6.45) is 3.08. The standard InChI is InChI=1S/C24H18F2N2O3/c1-14-6-7-16(12-19(14)26)22(29)20-21(17-4-2-3-5-18(17)25)28(24(31)23(20)30)13-15-8-10-27-11-9-15/h2-12,21,29H,13H2,1H3/t21-/m0/s1. The Labute approximate surface area is 177 Å². The Balaban J connectivity index is 1.90. The molecule has 1 atom stereocenters. The van der Waals surface area contributed by atoms with E-state index in [-0.39, 0.29) is 23.2 Å². The Bertz CT molecular complexity index is 1210. The number of carbonyl (C=O) groups excluding carboxylic acids is 2. The highest BCUT2D eigenvalue weighted by atomic mass is 19.1. The van der Waals surface area contributed by atoms with Gasteiger partial charge in [0.2, 0.25) is 0 Å². The predicted molar refractivity (Wildman–Crippen MR) is 110 cm³/mol. The zero-order valence-electron chi connectivity index (χ0n) is 16.5. The van der Waals surface area contributed by atoms with Crippen LogP contribution in [0.1, 0.15) is 28.3 Å². The van der Waals surface area contributed by atoms with Crippen molar-refractivity contribution in [3.8, 4) is 0 Å². The quantitative estimate of drug-likeness (QED) is 0.388. The van der Waals surface area contributed by atoms with E-state index in [0.29, 0.717) is 11.1 Å². The molecular formula is C24H18F2N2O3. The number of amides is 1. The number of likely N-dealkylation sites (tertiary alicyclic amines) is 1. The lowest BCUT2D eigenvalue weighted by molar-refractivity contribution is -0.140. The first-order valence-corrected chi connectivity index (χ1v) is 9.56. The van der Waals surface area contributed by atoms with Gasteiger partial charge in [0, 0.05) is 30.1 Å². The Kier molecular flexibility index (Phi) is 5.33. The van der Waals surface area contributed by atoms with E-state index in [2.05, 4.69) is 4.98 Å². The molecular weight excluding hydrogens is 402 g/mol. The summed E-state index contributed by atoms with van der Waals surface area (Å²) >= 11 is 0. The fourth-order valence-corrected chi connectivity index (χ4v) is 3.64. The molecule has 1 aliphatic rings. The van der Waals surface area contributed by atoms with Crippen molar-refractivity contribution in [2.75, 3.05) is 0 Å². The van der Waals surface area contributed by atoms with Crippen molar-refractivity contribution < 1.29 is 23.5 Å². The summed E-state index contributed by atoms with van der Waals surface area (Å²) < 4.78 is 28.8. The van der Waals surface area contributed by atoms with Crippen LogP contribution in [0.5, 0.6) is 0 Å². The Morgan fingerprint density at radius 1 is 1.03 bits per heavy atom. The van der Waals surface area contributed by atoms with Crippen molar-refractivity contribution in [2.45, 2.75) is 19.5 Å². The monoisotopic (exact) mass is 420 g/mol. The van der Waals surface area contributed by atoms with E-state index in [1.54, 1.807) is 37.5 Å². The minimum Gasteiger partial charge on any atom is -0.507 e. The van der Waals surface area contributed by atoms with Crippen molar-refractivity contribution in [3.05, 3.63) is 106 Å². The predicted octanol–water partition coefficient (Wildman–Crippen LogP) is 4.29. The zero-order valence-corrected chi connectivity index (χ0v) is 16.5. The van der Waals surface area contributed by atoms with Gasteiger partial charge >= 0.3 is 0 Å². The molecule has 1 amide bonds. The topological polar surface area (TPSA) is 70.5 Å². The number of nitrogens with zero attached hydrogens (tertiary/aromatic N) is 2. The fraction of sp³-hybridized carbons (Fsp3) is 0.125. The number of aryl methyl sites for hydroxylation is 1. The van der Waals surface area contributed by atoms with E-state index in [4.69, 9.17) is 0 Å². The Morgan fingerprint density at radius 3 is 2.42 bits per heavy atom. The van der Waals surface area contributed by atoms with Gasteiger partial charge in [-0.05, 0) is 42.3 Å².